The van der Waals surface area contributed by atoms with Crippen LogP contribution in [0.2, 0.25) is 0 Å². The van der Waals surface area contributed by atoms with Gasteiger partial charge in [0.15, 0.2) is 5.58 Å². The molecule has 0 saturated heterocycles. The molecular formula is C12H12N4O2. The summed E-state index contributed by atoms with van der Waals surface area (Å²) >= 11 is 0. The number of imidazole rings is 1. The van der Waals surface area contributed by atoms with Crippen LogP contribution in [-0.2, 0) is 13.6 Å². The second-order valence-corrected chi connectivity index (χ2v) is 4.05. The first-order valence-electron chi connectivity index (χ1n) is 5.53. The number of aromatic amines is 1. The molecule has 0 spiro atoms. The molecule has 2 heterocycles. The van der Waals surface area contributed by atoms with E-state index in [9.17, 15) is 4.79 Å². The number of nitrogens with zero attached hydrogens (tertiary/aromatic N) is 2. The lowest BCUT2D eigenvalue weighted by Gasteiger charge is -2.04. The van der Waals surface area contributed by atoms with E-state index in [1.54, 1.807) is 12.3 Å². The summed E-state index contributed by atoms with van der Waals surface area (Å²) < 4.78 is 6.89. The third kappa shape index (κ3) is 1.54. The van der Waals surface area contributed by atoms with Gasteiger partial charge in [-0.1, -0.05) is 0 Å². The third-order valence-electron chi connectivity index (χ3n) is 2.98. The zero-order chi connectivity index (χ0) is 12.7. The van der Waals surface area contributed by atoms with Gasteiger partial charge in [-0.3, -0.25) is 4.98 Å². The minimum absolute atomic E-state index is 0.390. The molecule has 2 aromatic heterocycles. The molecule has 0 fully saturated rings. The zero-order valence-corrected chi connectivity index (χ0v) is 9.80. The summed E-state index contributed by atoms with van der Waals surface area (Å²) in [6, 6.07) is 5.51. The summed E-state index contributed by atoms with van der Waals surface area (Å²) in [7, 11) is 1.91. The fraction of sp³-hybridized carbons (Fsp3) is 0.167. The molecule has 0 bridgehead atoms. The van der Waals surface area contributed by atoms with Gasteiger partial charge in [-0.05, 0) is 18.2 Å². The maximum absolute atomic E-state index is 11.1. The normalized spacial score (nSPS) is 11.2. The summed E-state index contributed by atoms with van der Waals surface area (Å²) in [6.45, 7) is 0.390. The average Bonchev–Trinajstić information content (AvgIpc) is 2.89. The lowest BCUT2D eigenvalue weighted by atomic mass is 10.1. The van der Waals surface area contributed by atoms with Crippen LogP contribution in [0, 0.1) is 0 Å². The van der Waals surface area contributed by atoms with Gasteiger partial charge in [0.1, 0.15) is 5.82 Å². The number of H-pyrrole nitrogens is 1. The van der Waals surface area contributed by atoms with E-state index in [0.29, 0.717) is 17.6 Å². The van der Waals surface area contributed by atoms with Crippen LogP contribution in [0.1, 0.15) is 5.82 Å². The van der Waals surface area contributed by atoms with Crippen molar-refractivity contribution in [3.05, 3.63) is 40.8 Å². The van der Waals surface area contributed by atoms with Gasteiger partial charge in [0, 0.05) is 12.6 Å². The minimum atomic E-state index is -0.449. The van der Waals surface area contributed by atoms with Gasteiger partial charge in [0.2, 0.25) is 0 Å². The number of benzene rings is 1. The van der Waals surface area contributed by atoms with Crippen molar-refractivity contribution in [3.63, 3.8) is 0 Å². The highest BCUT2D eigenvalue weighted by Gasteiger charge is 2.09. The van der Waals surface area contributed by atoms with E-state index >= 15 is 0 Å². The molecular weight excluding hydrogens is 232 g/mol. The Morgan fingerprint density at radius 2 is 2.33 bits per heavy atom. The Kier molecular flexibility index (Phi) is 2.31. The quantitative estimate of drug-likeness (QED) is 0.703. The van der Waals surface area contributed by atoms with Gasteiger partial charge in [-0.2, -0.15) is 0 Å². The molecule has 0 saturated carbocycles. The predicted molar refractivity (Wildman–Crippen MR) is 66.9 cm³/mol. The van der Waals surface area contributed by atoms with E-state index in [2.05, 4.69) is 9.97 Å². The Balaban J connectivity index is 2.18. The molecule has 6 heteroatoms. The minimum Gasteiger partial charge on any atom is -0.408 e. The first kappa shape index (κ1) is 10.8. The van der Waals surface area contributed by atoms with Crippen LogP contribution in [0.25, 0.3) is 22.4 Å². The van der Waals surface area contributed by atoms with E-state index < -0.39 is 5.76 Å². The molecule has 3 N–H and O–H groups in total. The Labute approximate surface area is 102 Å². The van der Waals surface area contributed by atoms with Crippen LogP contribution < -0.4 is 11.5 Å². The SMILES string of the molecule is Cn1c(-c2ccc3oc(=O)[nH]c3c2)cnc1CN. The molecule has 0 aliphatic carbocycles. The highest BCUT2D eigenvalue weighted by molar-refractivity contribution is 5.79. The Morgan fingerprint density at radius 3 is 3.06 bits per heavy atom. The van der Waals surface area contributed by atoms with E-state index in [0.717, 1.165) is 17.1 Å². The molecule has 6 nitrogen and oxygen atoms in total. The van der Waals surface area contributed by atoms with E-state index in [1.165, 1.54) is 0 Å². The maximum Gasteiger partial charge on any atom is 0.417 e. The van der Waals surface area contributed by atoms with Crippen molar-refractivity contribution in [2.24, 2.45) is 12.8 Å². The molecule has 0 unspecified atom stereocenters. The molecule has 0 aliphatic rings. The molecule has 0 radical (unpaired) electrons. The first-order chi connectivity index (χ1) is 8.69. The van der Waals surface area contributed by atoms with Gasteiger partial charge in [0.25, 0.3) is 0 Å². The highest BCUT2D eigenvalue weighted by Crippen LogP contribution is 2.23. The Morgan fingerprint density at radius 1 is 1.50 bits per heavy atom. The standard InChI is InChI=1S/C12H12N4O2/c1-16-9(6-14-11(16)5-13)7-2-3-10-8(4-7)15-12(17)18-10/h2-4,6H,5,13H2,1H3,(H,15,17). The number of nitrogens with one attached hydrogen (secondary N) is 1. The smallest absolute Gasteiger partial charge is 0.408 e. The van der Waals surface area contributed by atoms with E-state index in [4.69, 9.17) is 10.2 Å². The summed E-state index contributed by atoms with van der Waals surface area (Å²) in [4.78, 5) is 18.0. The molecule has 3 aromatic rings. The Hall–Kier alpha value is -2.34. The number of oxazole rings is 1. The van der Waals surface area contributed by atoms with Crippen molar-refractivity contribution in [1.82, 2.24) is 14.5 Å². The van der Waals surface area contributed by atoms with E-state index in [-0.39, 0.29) is 0 Å². The lowest BCUT2D eigenvalue weighted by molar-refractivity contribution is 0.555. The number of aromatic nitrogens is 3. The van der Waals surface area contributed by atoms with Crippen LogP contribution in [-0.4, -0.2) is 14.5 Å². The number of hydrogen-bond acceptors (Lipinski definition) is 4. The number of nitrogens with two attached hydrogens (primary N) is 1. The monoisotopic (exact) mass is 244 g/mol. The number of rotatable bonds is 2. The van der Waals surface area contributed by atoms with Crippen molar-refractivity contribution < 1.29 is 4.42 Å². The van der Waals surface area contributed by atoms with Crippen molar-refractivity contribution in [2.45, 2.75) is 6.54 Å². The van der Waals surface area contributed by atoms with Crippen LogP contribution in [0.15, 0.2) is 33.6 Å². The lowest BCUT2D eigenvalue weighted by Crippen LogP contribution is -2.05. The largest absolute Gasteiger partial charge is 0.417 e. The third-order valence-corrected chi connectivity index (χ3v) is 2.98. The fourth-order valence-electron chi connectivity index (χ4n) is 2.02. The molecule has 3 rings (SSSR count). The van der Waals surface area contributed by atoms with Crippen molar-refractivity contribution in [2.75, 3.05) is 0 Å². The Bertz CT molecular complexity index is 766. The van der Waals surface area contributed by atoms with Gasteiger partial charge < -0.3 is 14.7 Å². The molecule has 1 aromatic carbocycles. The molecule has 0 aliphatic heterocycles. The summed E-state index contributed by atoms with van der Waals surface area (Å²) in [6.07, 6.45) is 1.77. The average molecular weight is 244 g/mol. The predicted octanol–water partition coefficient (Wildman–Crippen LogP) is 0.980. The van der Waals surface area contributed by atoms with Crippen LogP contribution in [0.3, 0.4) is 0 Å². The first-order valence-corrected chi connectivity index (χ1v) is 5.53. The van der Waals surface area contributed by atoms with Crippen LogP contribution >= 0.6 is 0 Å². The summed E-state index contributed by atoms with van der Waals surface area (Å²) in [5, 5.41) is 0. The molecule has 0 amide bonds. The zero-order valence-electron chi connectivity index (χ0n) is 9.80. The van der Waals surface area contributed by atoms with Gasteiger partial charge in [-0.25, -0.2) is 9.78 Å². The summed E-state index contributed by atoms with van der Waals surface area (Å²) in [5.41, 5.74) is 8.71. The highest BCUT2D eigenvalue weighted by atomic mass is 16.4. The van der Waals surface area contributed by atoms with Crippen molar-refractivity contribution >= 4 is 11.1 Å². The van der Waals surface area contributed by atoms with Crippen LogP contribution in [0.5, 0.6) is 0 Å². The second-order valence-electron chi connectivity index (χ2n) is 4.05. The topological polar surface area (TPSA) is 89.8 Å². The van der Waals surface area contributed by atoms with Crippen LogP contribution in [0.4, 0.5) is 0 Å². The molecule has 92 valence electrons. The van der Waals surface area contributed by atoms with Gasteiger partial charge in [-0.15, -0.1) is 0 Å². The molecule has 0 atom stereocenters. The number of hydrogen-bond donors (Lipinski definition) is 2. The van der Waals surface area contributed by atoms with Crippen molar-refractivity contribution in [1.29, 1.82) is 0 Å². The summed E-state index contributed by atoms with van der Waals surface area (Å²) in [5.74, 6) is 0.362. The van der Waals surface area contributed by atoms with Gasteiger partial charge in [0.05, 0.1) is 24.0 Å². The maximum atomic E-state index is 11.1. The number of fused-ring (bicyclic) bond motifs is 1. The second kappa shape index (κ2) is 3.85. The van der Waals surface area contributed by atoms with Crippen molar-refractivity contribution in [3.8, 4) is 11.3 Å². The van der Waals surface area contributed by atoms with E-state index in [1.807, 2.05) is 23.7 Å². The van der Waals surface area contributed by atoms with Gasteiger partial charge >= 0.3 is 5.76 Å². The fourth-order valence-corrected chi connectivity index (χ4v) is 2.02. The molecule has 18 heavy (non-hydrogen) atoms.